The quantitative estimate of drug-likeness (QED) is 0.894. The van der Waals surface area contributed by atoms with Crippen molar-refractivity contribution in [1.29, 1.82) is 0 Å². The molecule has 96 valence electrons. The number of hydrogen-bond donors (Lipinski definition) is 1. The highest BCUT2D eigenvalue weighted by Gasteiger charge is 2.10. The zero-order valence-electron chi connectivity index (χ0n) is 11.3. The molecule has 0 aliphatic carbocycles. The first-order chi connectivity index (χ1) is 7.87. The van der Waals surface area contributed by atoms with Crippen LogP contribution in [0.2, 0.25) is 0 Å². The van der Waals surface area contributed by atoms with E-state index in [1.165, 1.54) is 12.1 Å². The van der Waals surface area contributed by atoms with Crippen LogP contribution in [-0.4, -0.2) is 17.1 Å². The fourth-order valence-electron chi connectivity index (χ4n) is 1.68. The summed E-state index contributed by atoms with van der Waals surface area (Å²) < 4.78 is 1.04. The molecule has 0 aliphatic rings. The molecule has 1 heterocycles. The van der Waals surface area contributed by atoms with Gasteiger partial charge in [-0.05, 0) is 74.1 Å². The third kappa shape index (κ3) is 6.79. The summed E-state index contributed by atoms with van der Waals surface area (Å²) in [6.07, 6.45) is 4.11. The highest BCUT2D eigenvalue weighted by Crippen LogP contribution is 2.13. The van der Waals surface area contributed by atoms with Crippen molar-refractivity contribution in [3.8, 4) is 0 Å². The molecule has 0 amide bonds. The van der Waals surface area contributed by atoms with Crippen molar-refractivity contribution < 1.29 is 0 Å². The van der Waals surface area contributed by atoms with Gasteiger partial charge in [-0.1, -0.05) is 6.92 Å². The standard InChI is InChI=1S/C14H23BrN2/c1-11(7-8-17-14(2,3)4)9-13-6-5-12(15)10-16-13/h5-6,10-11,17H,7-9H2,1-4H3. The maximum atomic E-state index is 4.41. The van der Waals surface area contributed by atoms with Crippen LogP contribution in [0.4, 0.5) is 0 Å². The molecule has 2 nitrogen and oxygen atoms in total. The fraction of sp³-hybridized carbons (Fsp3) is 0.643. The maximum Gasteiger partial charge on any atom is 0.0413 e. The van der Waals surface area contributed by atoms with Gasteiger partial charge in [0.05, 0.1) is 0 Å². The monoisotopic (exact) mass is 298 g/mol. The van der Waals surface area contributed by atoms with Crippen LogP contribution in [0.15, 0.2) is 22.8 Å². The molecule has 0 bridgehead atoms. The van der Waals surface area contributed by atoms with Gasteiger partial charge in [0.15, 0.2) is 0 Å². The van der Waals surface area contributed by atoms with E-state index in [-0.39, 0.29) is 5.54 Å². The van der Waals surface area contributed by atoms with Crippen molar-refractivity contribution in [3.63, 3.8) is 0 Å². The lowest BCUT2D eigenvalue weighted by Crippen LogP contribution is -2.37. The SMILES string of the molecule is CC(CCNC(C)(C)C)Cc1ccc(Br)cn1. The summed E-state index contributed by atoms with van der Waals surface area (Å²) in [5, 5.41) is 3.52. The Hall–Kier alpha value is -0.410. The largest absolute Gasteiger partial charge is 0.312 e. The third-order valence-electron chi connectivity index (χ3n) is 2.64. The molecule has 1 atom stereocenters. The van der Waals surface area contributed by atoms with Crippen LogP contribution in [0.25, 0.3) is 0 Å². The van der Waals surface area contributed by atoms with E-state index < -0.39 is 0 Å². The van der Waals surface area contributed by atoms with Crippen LogP contribution in [0.1, 0.15) is 39.8 Å². The van der Waals surface area contributed by atoms with Gasteiger partial charge >= 0.3 is 0 Å². The molecular weight excluding hydrogens is 276 g/mol. The summed E-state index contributed by atoms with van der Waals surface area (Å²) >= 11 is 3.40. The lowest BCUT2D eigenvalue weighted by atomic mass is 10.0. The van der Waals surface area contributed by atoms with E-state index in [1.807, 2.05) is 6.20 Å². The summed E-state index contributed by atoms with van der Waals surface area (Å²) in [6.45, 7) is 9.96. The van der Waals surface area contributed by atoms with Gasteiger partial charge in [0.2, 0.25) is 0 Å². The number of nitrogens with one attached hydrogen (secondary N) is 1. The number of hydrogen-bond acceptors (Lipinski definition) is 2. The molecule has 0 saturated heterocycles. The van der Waals surface area contributed by atoms with E-state index in [4.69, 9.17) is 0 Å². The Kier molecular flexibility index (Phi) is 5.60. The predicted octanol–water partition coefficient (Wildman–Crippen LogP) is 3.80. The lowest BCUT2D eigenvalue weighted by Gasteiger charge is -2.21. The second-order valence-corrected chi connectivity index (χ2v) is 6.66. The molecule has 0 aliphatic heterocycles. The minimum Gasteiger partial charge on any atom is -0.312 e. The number of pyridine rings is 1. The molecule has 0 spiro atoms. The summed E-state index contributed by atoms with van der Waals surface area (Å²) in [4.78, 5) is 4.41. The second kappa shape index (κ2) is 6.50. The van der Waals surface area contributed by atoms with Crippen molar-refractivity contribution in [1.82, 2.24) is 10.3 Å². The zero-order valence-corrected chi connectivity index (χ0v) is 12.8. The Balaban J connectivity index is 2.30. The maximum absolute atomic E-state index is 4.41. The number of nitrogens with zero attached hydrogens (tertiary/aromatic N) is 1. The number of aromatic nitrogens is 1. The Labute approximate surface area is 113 Å². The van der Waals surface area contributed by atoms with Crippen molar-refractivity contribution in [3.05, 3.63) is 28.5 Å². The van der Waals surface area contributed by atoms with E-state index in [9.17, 15) is 0 Å². The van der Waals surface area contributed by atoms with E-state index in [0.717, 1.165) is 17.4 Å². The Morgan fingerprint density at radius 1 is 1.35 bits per heavy atom. The van der Waals surface area contributed by atoms with Gasteiger partial charge in [0, 0.05) is 21.9 Å². The minimum absolute atomic E-state index is 0.218. The van der Waals surface area contributed by atoms with E-state index in [2.05, 4.69) is 66.1 Å². The molecule has 1 N–H and O–H groups in total. The van der Waals surface area contributed by atoms with E-state index in [0.29, 0.717) is 5.92 Å². The zero-order chi connectivity index (χ0) is 12.9. The molecule has 17 heavy (non-hydrogen) atoms. The number of halogens is 1. The molecule has 1 aromatic heterocycles. The summed E-state index contributed by atoms with van der Waals surface area (Å²) in [7, 11) is 0. The number of rotatable bonds is 5. The first-order valence-corrected chi connectivity index (χ1v) is 7.01. The normalized spacial score (nSPS) is 13.7. The molecule has 1 aromatic rings. The third-order valence-corrected chi connectivity index (χ3v) is 3.11. The van der Waals surface area contributed by atoms with E-state index in [1.54, 1.807) is 0 Å². The Bertz CT molecular complexity index is 327. The highest BCUT2D eigenvalue weighted by atomic mass is 79.9. The van der Waals surface area contributed by atoms with Gasteiger partial charge in [-0.3, -0.25) is 4.98 Å². The topological polar surface area (TPSA) is 24.9 Å². The van der Waals surface area contributed by atoms with Crippen LogP contribution in [-0.2, 0) is 6.42 Å². The molecule has 1 rings (SSSR count). The first-order valence-electron chi connectivity index (χ1n) is 6.22. The highest BCUT2D eigenvalue weighted by molar-refractivity contribution is 9.10. The molecule has 3 heteroatoms. The van der Waals surface area contributed by atoms with Gasteiger partial charge in [-0.2, -0.15) is 0 Å². The van der Waals surface area contributed by atoms with Crippen LogP contribution in [0.5, 0.6) is 0 Å². The summed E-state index contributed by atoms with van der Waals surface area (Å²) in [5.41, 5.74) is 1.40. The first kappa shape index (κ1) is 14.7. The van der Waals surface area contributed by atoms with Crippen molar-refractivity contribution in [2.75, 3.05) is 6.54 Å². The van der Waals surface area contributed by atoms with Crippen molar-refractivity contribution in [2.24, 2.45) is 5.92 Å². The van der Waals surface area contributed by atoms with Crippen LogP contribution >= 0.6 is 15.9 Å². The van der Waals surface area contributed by atoms with Crippen molar-refractivity contribution in [2.45, 2.75) is 46.1 Å². The molecular formula is C14H23BrN2. The minimum atomic E-state index is 0.218. The second-order valence-electron chi connectivity index (χ2n) is 5.74. The molecule has 1 unspecified atom stereocenters. The van der Waals surface area contributed by atoms with Crippen molar-refractivity contribution >= 4 is 15.9 Å². The van der Waals surface area contributed by atoms with Gasteiger partial charge in [-0.15, -0.1) is 0 Å². The lowest BCUT2D eigenvalue weighted by molar-refractivity contribution is 0.393. The molecule has 0 saturated carbocycles. The van der Waals surface area contributed by atoms with Gasteiger partial charge in [-0.25, -0.2) is 0 Å². The van der Waals surface area contributed by atoms with E-state index >= 15 is 0 Å². The smallest absolute Gasteiger partial charge is 0.0413 e. The Morgan fingerprint density at radius 2 is 2.06 bits per heavy atom. The fourth-order valence-corrected chi connectivity index (χ4v) is 1.91. The Morgan fingerprint density at radius 3 is 2.59 bits per heavy atom. The molecule has 0 aromatic carbocycles. The molecule has 0 fully saturated rings. The van der Waals surface area contributed by atoms with Crippen LogP contribution in [0, 0.1) is 5.92 Å². The summed E-state index contributed by atoms with van der Waals surface area (Å²) in [5.74, 6) is 0.665. The van der Waals surface area contributed by atoms with Crippen LogP contribution < -0.4 is 5.32 Å². The van der Waals surface area contributed by atoms with Gasteiger partial charge < -0.3 is 5.32 Å². The predicted molar refractivity (Wildman–Crippen MR) is 77.2 cm³/mol. The summed E-state index contributed by atoms with van der Waals surface area (Å²) in [6, 6.07) is 4.15. The average molecular weight is 299 g/mol. The van der Waals surface area contributed by atoms with Gasteiger partial charge in [0.25, 0.3) is 0 Å². The van der Waals surface area contributed by atoms with Gasteiger partial charge in [0.1, 0.15) is 0 Å². The molecule has 0 radical (unpaired) electrons. The average Bonchev–Trinajstić information content (AvgIpc) is 2.19. The van der Waals surface area contributed by atoms with Crippen LogP contribution in [0.3, 0.4) is 0 Å².